The van der Waals surface area contributed by atoms with Crippen molar-refractivity contribution in [2.75, 3.05) is 17.2 Å². The molecule has 5 rings (SSSR count). The Bertz CT molecular complexity index is 1460. The summed E-state index contributed by atoms with van der Waals surface area (Å²) >= 11 is 0. The fourth-order valence-electron chi connectivity index (χ4n) is 4.09. The van der Waals surface area contributed by atoms with Crippen molar-refractivity contribution >= 4 is 28.8 Å². The Morgan fingerprint density at radius 3 is 2.86 bits per heavy atom. The fourth-order valence-corrected chi connectivity index (χ4v) is 4.09. The van der Waals surface area contributed by atoms with E-state index in [1.165, 1.54) is 9.08 Å². The summed E-state index contributed by atoms with van der Waals surface area (Å²) in [6.07, 6.45) is 3.75. The summed E-state index contributed by atoms with van der Waals surface area (Å²) in [7, 11) is 0. The van der Waals surface area contributed by atoms with Crippen molar-refractivity contribution in [2.45, 2.75) is 32.2 Å². The van der Waals surface area contributed by atoms with Crippen LogP contribution in [0.25, 0.3) is 5.65 Å². The van der Waals surface area contributed by atoms with Crippen LogP contribution < -0.4 is 21.1 Å². The van der Waals surface area contributed by atoms with Gasteiger partial charge in [0.2, 0.25) is 11.8 Å². The molecule has 0 spiro atoms. The lowest BCUT2D eigenvalue weighted by Gasteiger charge is -2.17. The number of hydrogen-bond acceptors (Lipinski definition) is 5. The first-order valence-electron chi connectivity index (χ1n) is 11.5. The number of aryl methyl sites for hydroxylation is 1. The van der Waals surface area contributed by atoms with E-state index in [4.69, 9.17) is 4.74 Å². The molecule has 178 valence electrons. The largest absolute Gasteiger partial charge is 0.494 e. The van der Waals surface area contributed by atoms with Crippen LogP contribution in [0, 0.1) is 0 Å². The number of fused-ring (bicyclic) bond motifs is 2. The van der Waals surface area contributed by atoms with Crippen molar-refractivity contribution in [3.63, 3.8) is 0 Å². The van der Waals surface area contributed by atoms with Gasteiger partial charge in [-0.1, -0.05) is 18.2 Å². The number of ether oxygens (including phenoxy) is 1. The smallest absolute Gasteiger partial charge is 0.350 e. The number of hydrogen-bond donors (Lipinski definition) is 2. The topological polar surface area (TPSA) is 107 Å². The minimum atomic E-state index is -0.210. The number of rotatable bonds is 8. The molecule has 0 fully saturated rings. The zero-order valence-corrected chi connectivity index (χ0v) is 19.1. The van der Waals surface area contributed by atoms with Gasteiger partial charge in [-0.25, -0.2) is 9.48 Å². The molecule has 2 N–H and O–H groups in total. The molecule has 0 aliphatic carbocycles. The first-order chi connectivity index (χ1) is 17.0. The molecule has 35 heavy (non-hydrogen) atoms. The van der Waals surface area contributed by atoms with E-state index in [2.05, 4.69) is 15.7 Å². The standard InChI is InChI=1S/C26H25N5O4/c32-24(8-4-14-35-21-10-11-22-19(16-21)9-12-25(33)28-22)27-20-6-3-5-18(15-20)17-31-26(34)30-13-2-1-7-23(30)29-31/h1-3,5-7,10-11,13,15-16H,4,8-9,12,14,17H2,(H,27,32)(H,28,33). The maximum atomic E-state index is 12.5. The minimum absolute atomic E-state index is 0.0341. The number of pyridine rings is 1. The van der Waals surface area contributed by atoms with Gasteiger partial charge >= 0.3 is 5.69 Å². The number of amides is 2. The van der Waals surface area contributed by atoms with Crippen LogP contribution in [0.15, 0.2) is 71.7 Å². The molecular formula is C26H25N5O4. The summed E-state index contributed by atoms with van der Waals surface area (Å²) in [5.74, 6) is 0.658. The molecule has 2 aromatic carbocycles. The maximum absolute atomic E-state index is 12.5. The quantitative estimate of drug-likeness (QED) is 0.384. The van der Waals surface area contributed by atoms with Gasteiger partial charge in [-0.15, -0.1) is 5.10 Å². The molecular weight excluding hydrogens is 446 g/mol. The number of benzene rings is 2. The lowest BCUT2D eigenvalue weighted by atomic mass is 10.0. The van der Waals surface area contributed by atoms with Crippen LogP contribution in [0.1, 0.15) is 30.4 Å². The number of nitrogens with one attached hydrogen (secondary N) is 2. The third-order valence-corrected chi connectivity index (χ3v) is 5.82. The van der Waals surface area contributed by atoms with Gasteiger partial charge in [-0.2, -0.15) is 0 Å². The number of carbonyl (C=O) groups excluding carboxylic acids is 2. The van der Waals surface area contributed by atoms with Gasteiger partial charge in [0, 0.05) is 30.4 Å². The van der Waals surface area contributed by atoms with Crippen LogP contribution in [-0.4, -0.2) is 32.6 Å². The van der Waals surface area contributed by atoms with Gasteiger partial charge in [0.25, 0.3) is 0 Å². The summed E-state index contributed by atoms with van der Waals surface area (Å²) < 4.78 is 8.69. The van der Waals surface area contributed by atoms with E-state index in [0.717, 1.165) is 22.6 Å². The Balaban J connectivity index is 1.12. The fraction of sp³-hybridized carbons (Fsp3) is 0.231. The van der Waals surface area contributed by atoms with E-state index < -0.39 is 0 Å². The molecule has 0 bridgehead atoms. The lowest BCUT2D eigenvalue weighted by Crippen LogP contribution is -2.21. The molecule has 2 aromatic heterocycles. The van der Waals surface area contributed by atoms with Crippen LogP contribution in [0.4, 0.5) is 11.4 Å². The number of nitrogens with zero attached hydrogens (tertiary/aromatic N) is 3. The Morgan fingerprint density at radius 2 is 1.97 bits per heavy atom. The molecule has 0 saturated carbocycles. The Kier molecular flexibility index (Phi) is 6.30. The molecule has 0 unspecified atom stereocenters. The molecule has 0 radical (unpaired) electrons. The second-order valence-electron chi connectivity index (χ2n) is 8.44. The summed E-state index contributed by atoms with van der Waals surface area (Å²) in [6, 6.07) is 18.4. The predicted molar refractivity (Wildman–Crippen MR) is 132 cm³/mol. The van der Waals surface area contributed by atoms with E-state index in [1.807, 2.05) is 48.5 Å². The van der Waals surface area contributed by atoms with Gasteiger partial charge in [-0.3, -0.25) is 14.0 Å². The summed E-state index contributed by atoms with van der Waals surface area (Å²) in [6.45, 7) is 0.720. The summed E-state index contributed by atoms with van der Waals surface area (Å²) in [4.78, 5) is 36.4. The summed E-state index contributed by atoms with van der Waals surface area (Å²) in [5, 5.41) is 10.1. The monoisotopic (exact) mass is 471 g/mol. The zero-order valence-electron chi connectivity index (χ0n) is 19.1. The first-order valence-corrected chi connectivity index (χ1v) is 11.5. The number of aromatic nitrogens is 3. The normalized spacial score (nSPS) is 12.7. The highest BCUT2D eigenvalue weighted by Gasteiger charge is 2.15. The molecule has 0 saturated heterocycles. The minimum Gasteiger partial charge on any atom is -0.494 e. The van der Waals surface area contributed by atoms with E-state index in [0.29, 0.717) is 50.2 Å². The third kappa shape index (κ3) is 5.24. The highest BCUT2D eigenvalue weighted by molar-refractivity contribution is 5.94. The maximum Gasteiger partial charge on any atom is 0.350 e. The van der Waals surface area contributed by atoms with Crippen LogP contribution in [0.3, 0.4) is 0 Å². The van der Waals surface area contributed by atoms with Gasteiger partial charge in [0.15, 0.2) is 5.65 Å². The number of carbonyl (C=O) groups is 2. The molecule has 9 heteroatoms. The van der Waals surface area contributed by atoms with Gasteiger partial charge in [-0.05, 0) is 66.4 Å². The van der Waals surface area contributed by atoms with E-state index in [-0.39, 0.29) is 17.5 Å². The van der Waals surface area contributed by atoms with Crippen molar-refractivity contribution in [1.29, 1.82) is 0 Å². The Morgan fingerprint density at radius 1 is 1.06 bits per heavy atom. The molecule has 1 aliphatic heterocycles. The average Bonchev–Trinajstić information content (AvgIpc) is 3.17. The Hall–Kier alpha value is -4.40. The average molecular weight is 472 g/mol. The van der Waals surface area contributed by atoms with Crippen LogP contribution in [-0.2, 0) is 22.6 Å². The van der Waals surface area contributed by atoms with Gasteiger partial charge in [0.1, 0.15) is 5.75 Å². The molecule has 3 heterocycles. The van der Waals surface area contributed by atoms with Gasteiger partial charge < -0.3 is 15.4 Å². The zero-order chi connectivity index (χ0) is 24.2. The number of anilines is 2. The van der Waals surface area contributed by atoms with E-state index >= 15 is 0 Å². The molecule has 1 aliphatic rings. The van der Waals surface area contributed by atoms with Gasteiger partial charge in [0.05, 0.1) is 13.2 Å². The molecule has 9 nitrogen and oxygen atoms in total. The second kappa shape index (κ2) is 9.84. The van der Waals surface area contributed by atoms with E-state index in [1.54, 1.807) is 18.3 Å². The van der Waals surface area contributed by atoms with E-state index in [9.17, 15) is 14.4 Å². The van der Waals surface area contributed by atoms with Crippen LogP contribution in [0.5, 0.6) is 5.75 Å². The second-order valence-corrected chi connectivity index (χ2v) is 8.44. The van der Waals surface area contributed by atoms with Crippen molar-refractivity contribution in [1.82, 2.24) is 14.2 Å². The van der Waals surface area contributed by atoms with Crippen molar-refractivity contribution in [2.24, 2.45) is 0 Å². The lowest BCUT2D eigenvalue weighted by molar-refractivity contribution is -0.117. The van der Waals surface area contributed by atoms with Crippen LogP contribution in [0.2, 0.25) is 0 Å². The highest BCUT2D eigenvalue weighted by Crippen LogP contribution is 2.26. The molecule has 0 atom stereocenters. The third-order valence-electron chi connectivity index (χ3n) is 5.82. The van der Waals surface area contributed by atoms with Crippen molar-refractivity contribution in [3.8, 4) is 5.75 Å². The van der Waals surface area contributed by atoms with Crippen molar-refractivity contribution < 1.29 is 14.3 Å². The molecule has 4 aromatic rings. The first kappa shape index (κ1) is 22.4. The Labute approximate surface area is 201 Å². The predicted octanol–water partition coefficient (Wildman–Crippen LogP) is 3.23. The highest BCUT2D eigenvalue weighted by atomic mass is 16.5. The molecule has 2 amide bonds. The SMILES string of the molecule is O=C(CCCOc1ccc2c(c1)CCC(=O)N2)Nc1cccc(Cn2nc3ccccn3c2=O)c1. The summed E-state index contributed by atoms with van der Waals surface area (Å²) in [5.41, 5.74) is 3.80. The van der Waals surface area contributed by atoms with Crippen LogP contribution >= 0.6 is 0 Å². The van der Waals surface area contributed by atoms with Crippen molar-refractivity contribution in [3.05, 3.63) is 88.5 Å².